The molecule has 1 aromatic carbocycles. The van der Waals surface area contributed by atoms with E-state index < -0.39 is 6.09 Å². The Bertz CT molecular complexity index is 569. The Balaban J connectivity index is 2.06. The van der Waals surface area contributed by atoms with Gasteiger partial charge >= 0.3 is 6.09 Å². The highest BCUT2D eigenvalue weighted by Crippen LogP contribution is 2.13. The van der Waals surface area contributed by atoms with Gasteiger partial charge in [-0.25, -0.2) is 9.18 Å². The van der Waals surface area contributed by atoms with E-state index in [2.05, 4.69) is 20.7 Å². The van der Waals surface area contributed by atoms with E-state index in [1.807, 2.05) is 0 Å². The number of nitrogens with one attached hydrogen (secondary N) is 1. The summed E-state index contributed by atoms with van der Waals surface area (Å²) in [5, 5.41) is 22.6. The molecule has 0 radical (unpaired) electrons. The van der Waals surface area contributed by atoms with Crippen molar-refractivity contribution in [1.29, 1.82) is 0 Å². The van der Waals surface area contributed by atoms with E-state index in [1.54, 1.807) is 19.1 Å². The summed E-state index contributed by atoms with van der Waals surface area (Å²) in [5.74, 6) is 0.0259. The third kappa shape index (κ3) is 3.47. The maximum atomic E-state index is 12.8. The lowest BCUT2D eigenvalue weighted by Gasteiger charge is -2.08. The van der Waals surface area contributed by atoms with E-state index in [9.17, 15) is 9.18 Å². The molecule has 0 fully saturated rings. The topological polar surface area (TPSA) is 92.9 Å². The lowest BCUT2D eigenvalue weighted by atomic mass is 10.2. The van der Waals surface area contributed by atoms with Crippen molar-refractivity contribution in [3.05, 3.63) is 30.1 Å². The van der Waals surface area contributed by atoms with Crippen LogP contribution in [0.1, 0.15) is 6.92 Å². The standard InChI is InChI=1S/C11H12FN5O2/c1-7(13-11(18)19)6-17-15-10(14-16-17)8-2-4-9(12)5-3-8/h2-5,7,13H,6H2,1H3,(H,18,19)/t7-/m0/s1. The number of aromatic nitrogens is 4. The maximum Gasteiger partial charge on any atom is 0.404 e. The fraction of sp³-hybridized carbons (Fsp3) is 0.273. The molecule has 0 saturated carbocycles. The van der Waals surface area contributed by atoms with Crippen LogP contribution in [0.15, 0.2) is 24.3 Å². The van der Waals surface area contributed by atoms with Gasteiger partial charge in [0.2, 0.25) is 5.82 Å². The number of carbonyl (C=O) groups is 1. The van der Waals surface area contributed by atoms with Gasteiger partial charge < -0.3 is 10.4 Å². The molecule has 0 saturated heterocycles. The van der Waals surface area contributed by atoms with Gasteiger partial charge in [-0.1, -0.05) is 0 Å². The van der Waals surface area contributed by atoms with E-state index in [4.69, 9.17) is 5.11 Å². The van der Waals surface area contributed by atoms with Crippen LogP contribution in [0.5, 0.6) is 0 Å². The molecular weight excluding hydrogens is 253 g/mol. The predicted octanol–water partition coefficient (Wildman–Crippen LogP) is 1.14. The van der Waals surface area contributed by atoms with E-state index in [-0.39, 0.29) is 18.4 Å². The Morgan fingerprint density at radius 2 is 2.16 bits per heavy atom. The second-order valence-corrected chi connectivity index (χ2v) is 4.03. The van der Waals surface area contributed by atoms with Crippen molar-refractivity contribution < 1.29 is 14.3 Å². The molecule has 1 heterocycles. The van der Waals surface area contributed by atoms with E-state index in [0.29, 0.717) is 11.4 Å². The Labute approximate surface area is 108 Å². The summed E-state index contributed by atoms with van der Waals surface area (Å²) in [6, 6.07) is 5.38. The van der Waals surface area contributed by atoms with E-state index in [0.717, 1.165) is 0 Å². The molecular formula is C11H12FN5O2. The summed E-state index contributed by atoms with van der Waals surface area (Å²) in [6.45, 7) is 1.95. The second kappa shape index (κ2) is 5.42. The molecule has 8 heteroatoms. The predicted molar refractivity (Wildman–Crippen MR) is 63.8 cm³/mol. The Hall–Kier alpha value is -2.51. The molecule has 1 amide bonds. The largest absolute Gasteiger partial charge is 0.465 e. The average Bonchev–Trinajstić information content (AvgIpc) is 2.77. The summed E-state index contributed by atoms with van der Waals surface area (Å²) in [6.07, 6.45) is -1.11. The number of rotatable bonds is 4. The molecule has 1 aromatic heterocycles. The zero-order valence-electron chi connectivity index (χ0n) is 10.1. The minimum atomic E-state index is -1.11. The van der Waals surface area contributed by atoms with E-state index >= 15 is 0 Å². The Morgan fingerprint density at radius 1 is 1.47 bits per heavy atom. The number of hydrogen-bond acceptors (Lipinski definition) is 4. The summed E-state index contributed by atoms with van der Waals surface area (Å²) in [7, 11) is 0. The highest BCUT2D eigenvalue weighted by Gasteiger charge is 2.10. The number of halogens is 1. The fourth-order valence-corrected chi connectivity index (χ4v) is 1.54. The van der Waals surface area contributed by atoms with Crippen molar-refractivity contribution in [2.75, 3.05) is 0 Å². The van der Waals surface area contributed by atoms with Crippen LogP contribution in [0.2, 0.25) is 0 Å². The molecule has 0 bridgehead atoms. The van der Waals surface area contributed by atoms with Gasteiger partial charge in [0, 0.05) is 5.56 Å². The average molecular weight is 265 g/mol. The van der Waals surface area contributed by atoms with Crippen molar-refractivity contribution in [3.8, 4) is 11.4 Å². The number of benzene rings is 1. The fourth-order valence-electron chi connectivity index (χ4n) is 1.54. The number of tetrazole rings is 1. The number of hydrogen-bond donors (Lipinski definition) is 2. The summed E-state index contributed by atoms with van der Waals surface area (Å²) in [4.78, 5) is 11.7. The van der Waals surface area contributed by atoms with Crippen LogP contribution in [-0.2, 0) is 6.54 Å². The normalized spacial score (nSPS) is 12.1. The summed E-state index contributed by atoms with van der Waals surface area (Å²) >= 11 is 0. The molecule has 100 valence electrons. The molecule has 2 aromatic rings. The first-order chi connectivity index (χ1) is 9.04. The lowest BCUT2D eigenvalue weighted by Crippen LogP contribution is -2.35. The third-order valence-corrected chi connectivity index (χ3v) is 2.36. The molecule has 0 spiro atoms. The lowest BCUT2D eigenvalue weighted by molar-refractivity contribution is 0.188. The first-order valence-electron chi connectivity index (χ1n) is 5.58. The maximum absolute atomic E-state index is 12.8. The van der Waals surface area contributed by atoms with Gasteiger partial charge in [-0.2, -0.15) is 4.80 Å². The van der Waals surface area contributed by atoms with Gasteiger partial charge in [-0.3, -0.25) is 0 Å². The minimum Gasteiger partial charge on any atom is -0.465 e. The Kier molecular flexibility index (Phi) is 3.69. The van der Waals surface area contributed by atoms with Crippen molar-refractivity contribution in [1.82, 2.24) is 25.5 Å². The van der Waals surface area contributed by atoms with Crippen molar-refractivity contribution in [2.45, 2.75) is 19.5 Å². The molecule has 0 aliphatic carbocycles. The van der Waals surface area contributed by atoms with Gasteiger partial charge in [0.25, 0.3) is 0 Å². The quantitative estimate of drug-likeness (QED) is 0.864. The smallest absolute Gasteiger partial charge is 0.404 e. The SMILES string of the molecule is C[C@@H](Cn1nnc(-c2ccc(F)cc2)n1)NC(=O)O. The van der Waals surface area contributed by atoms with Gasteiger partial charge in [0.15, 0.2) is 0 Å². The van der Waals surface area contributed by atoms with Crippen LogP contribution in [0.3, 0.4) is 0 Å². The van der Waals surface area contributed by atoms with Crippen LogP contribution in [0.25, 0.3) is 11.4 Å². The monoisotopic (exact) mass is 265 g/mol. The van der Waals surface area contributed by atoms with E-state index in [1.165, 1.54) is 16.9 Å². The van der Waals surface area contributed by atoms with Crippen molar-refractivity contribution in [2.24, 2.45) is 0 Å². The first-order valence-corrected chi connectivity index (χ1v) is 5.58. The van der Waals surface area contributed by atoms with Crippen molar-refractivity contribution in [3.63, 3.8) is 0 Å². The van der Waals surface area contributed by atoms with Gasteiger partial charge in [0.1, 0.15) is 5.82 Å². The molecule has 1 atom stereocenters. The van der Waals surface area contributed by atoms with Crippen LogP contribution >= 0.6 is 0 Å². The van der Waals surface area contributed by atoms with Gasteiger partial charge in [-0.15, -0.1) is 10.2 Å². The number of carboxylic acid groups (broad SMARTS) is 1. The molecule has 0 unspecified atom stereocenters. The van der Waals surface area contributed by atoms with Crippen molar-refractivity contribution >= 4 is 6.09 Å². The Morgan fingerprint density at radius 3 is 2.79 bits per heavy atom. The third-order valence-electron chi connectivity index (χ3n) is 2.36. The van der Waals surface area contributed by atoms with Crippen LogP contribution < -0.4 is 5.32 Å². The number of amides is 1. The van der Waals surface area contributed by atoms with Crippen LogP contribution in [-0.4, -0.2) is 37.4 Å². The summed E-state index contributed by atoms with van der Waals surface area (Å²) < 4.78 is 12.8. The zero-order valence-corrected chi connectivity index (χ0v) is 10.1. The molecule has 2 N–H and O–H groups in total. The molecule has 0 aliphatic heterocycles. The minimum absolute atomic E-state index is 0.264. The zero-order chi connectivity index (χ0) is 13.8. The van der Waals surface area contributed by atoms with Crippen LogP contribution in [0, 0.1) is 5.82 Å². The number of nitrogens with zero attached hydrogens (tertiary/aromatic N) is 4. The highest BCUT2D eigenvalue weighted by molar-refractivity contribution is 5.64. The van der Waals surface area contributed by atoms with Gasteiger partial charge in [-0.05, 0) is 36.4 Å². The first kappa shape index (κ1) is 12.9. The van der Waals surface area contributed by atoms with Crippen LogP contribution in [0.4, 0.5) is 9.18 Å². The molecule has 19 heavy (non-hydrogen) atoms. The summed E-state index contributed by atoms with van der Waals surface area (Å²) in [5.41, 5.74) is 0.645. The highest BCUT2D eigenvalue weighted by atomic mass is 19.1. The second-order valence-electron chi connectivity index (χ2n) is 4.03. The molecule has 2 rings (SSSR count). The van der Waals surface area contributed by atoms with Gasteiger partial charge in [0.05, 0.1) is 12.6 Å². The molecule has 7 nitrogen and oxygen atoms in total. The molecule has 0 aliphatic rings.